The Morgan fingerprint density at radius 3 is 2.53 bits per heavy atom. The van der Waals surface area contributed by atoms with Crippen molar-refractivity contribution in [3.05, 3.63) is 58.8 Å². The topological polar surface area (TPSA) is 20.3 Å². The van der Waals surface area contributed by atoms with Crippen molar-refractivity contribution >= 4 is 17.5 Å². The Labute approximate surface area is 119 Å². The molecule has 0 atom stereocenters. The number of carbonyl (C=O) groups is 1. The SMILES string of the molecule is CC1=CC=CN(C(=O)c2ccc(Cl)cc2)CC1(C)C. The van der Waals surface area contributed by atoms with E-state index in [-0.39, 0.29) is 11.3 Å². The van der Waals surface area contributed by atoms with Crippen LogP contribution < -0.4 is 0 Å². The molecule has 1 aromatic rings. The summed E-state index contributed by atoms with van der Waals surface area (Å²) in [7, 11) is 0. The maximum atomic E-state index is 12.5. The first-order chi connectivity index (χ1) is 8.90. The van der Waals surface area contributed by atoms with Gasteiger partial charge in [-0.05, 0) is 37.3 Å². The van der Waals surface area contributed by atoms with E-state index in [2.05, 4.69) is 26.8 Å². The van der Waals surface area contributed by atoms with Crippen LogP contribution in [0.25, 0.3) is 0 Å². The van der Waals surface area contributed by atoms with Gasteiger partial charge in [-0.3, -0.25) is 4.79 Å². The number of hydrogen-bond donors (Lipinski definition) is 0. The molecule has 0 bridgehead atoms. The van der Waals surface area contributed by atoms with Crippen LogP contribution in [0.2, 0.25) is 5.02 Å². The number of rotatable bonds is 1. The fraction of sp³-hybridized carbons (Fsp3) is 0.312. The van der Waals surface area contributed by atoms with Crippen LogP contribution in [-0.4, -0.2) is 17.4 Å². The Balaban J connectivity index is 2.23. The van der Waals surface area contributed by atoms with Gasteiger partial charge in [-0.1, -0.05) is 37.1 Å². The van der Waals surface area contributed by atoms with Crippen molar-refractivity contribution in [3.63, 3.8) is 0 Å². The molecule has 2 nitrogen and oxygen atoms in total. The number of nitrogens with zero attached hydrogens (tertiary/aromatic N) is 1. The minimum absolute atomic E-state index is 0.00379. The average Bonchev–Trinajstić information content (AvgIpc) is 2.49. The number of halogens is 1. The van der Waals surface area contributed by atoms with Crippen LogP contribution in [0, 0.1) is 5.41 Å². The second-order valence-electron chi connectivity index (χ2n) is 5.52. The summed E-state index contributed by atoms with van der Waals surface area (Å²) in [6.07, 6.45) is 5.84. The molecule has 19 heavy (non-hydrogen) atoms. The van der Waals surface area contributed by atoms with Crippen LogP contribution in [-0.2, 0) is 0 Å². The summed E-state index contributed by atoms with van der Waals surface area (Å²) in [5, 5.41) is 0.640. The van der Waals surface area contributed by atoms with E-state index in [1.807, 2.05) is 12.3 Å². The first kappa shape index (κ1) is 13.9. The van der Waals surface area contributed by atoms with Gasteiger partial charge >= 0.3 is 0 Å². The zero-order valence-corrected chi connectivity index (χ0v) is 12.2. The van der Waals surface area contributed by atoms with Crippen LogP contribution >= 0.6 is 11.6 Å². The number of allylic oxidation sites excluding steroid dienone is 2. The van der Waals surface area contributed by atoms with Gasteiger partial charge in [0.25, 0.3) is 5.91 Å². The molecule has 2 rings (SSSR count). The Morgan fingerprint density at radius 1 is 1.26 bits per heavy atom. The largest absolute Gasteiger partial charge is 0.314 e. The highest BCUT2D eigenvalue weighted by Gasteiger charge is 2.27. The molecular formula is C16H18ClNO. The third-order valence-electron chi connectivity index (χ3n) is 3.60. The Bertz CT molecular complexity index is 540. The lowest BCUT2D eigenvalue weighted by molar-refractivity contribution is 0.0788. The average molecular weight is 276 g/mol. The lowest BCUT2D eigenvalue weighted by Crippen LogP contribution is -2.35. The van der Waals surface area contributed by atoms with Gasteiger partial charge < -0.3 is 4.90 Å². The minimum Gasteiger partial charge on any atom is -0.314 e. The zero-order chi connectivity index (χ0) is 14.0. The molecule has 0 saturated carbocycles. The highest BCUT2D eigenvalue weighted by molar-refractivity contribution is 6.30. The van der Waals surface area contributed by atoms with E-state index in [9.17, 15) is 4.79 Å². The molecule has 0 unspecified atom stereocenters. The van der Waals surface area contributed by atoms with E-state index < -0.39 is 0 Å². The number of amides is 1. The fourth-order valence-electron chi connectivity index (χ4n) is 2.02. The van der Waals surface area contributed by atoms with Gasteiger partial charge in [0, 0.05) is 28.7 Å². The molecule has 1 aliphatic rings. The number of benzene rings is 1. The third-order valence-corrected chi connectivity index (χ3v) is 3.85. The van der Waals surface area contributed by atoms with Gasteiger partial charge in [-0.15, -0.1) is 0 Å². The summed E-state index contributed by atoms with van der Waals surface area (Å²) in [6.45, 7) is 7.07. The van der Waals surface area contributed by atoms with Crippen molar-refractivity contribution < 1.29 is 4.79 Å². The molecule has 0 radical (unpaired) electrons. The quantitative estimate of drug-likeness (QED) is 0.749. The number of hydrogen-bond acceptors (Lipinski definition) is 1. The van der Waals surface area contributed by atoms with E-state index in [4.69, 9.17) is 11.6 Å². The van der Waals surface area contributed by atoms with Crippen LogP contribution in [0.5, 0.6) is 0 Å². The van der Waals surface area contributed by atoms with Crippen molar-refractivity contribution in [1.29, 1.82) is 0 Å². The first-order valence-electron chi connectivity index (χ1n) is 6.32. The second-order valence-corrected chi connectivity index (χ2v) is 5.95. The maximum absolute atomic E-state index is 12.5. The Morgan fingerprint density at radius 2 is 1.89 bits per heavy atom. The molecule has 0 saturated heterocycles. The van der Waals surface area contributed by atoms with Gasteiger partial charge in [0.05, 0.1) is 0 Å². The van der Waals surface area contributed by atoms with E-state index in [1.54, 1.807) is 29.2 Å². The summed E-state index contributed by atoms with van der Waals surface area (Å²) >= 11 is 5.85. The fourth-order valence-corrected chi connectivity index (χ4v) is 2.14. The standard InChI is InChI=1S/C16H18ClNO/c1-12-5-4-10-18(11-16(12,2)3)15(19)13-6-8-14(17)9-7-13/h4-10H,11H2,1-3H3. The van der Waals surface area contributed by atoms with Crippen LogP contribution in [0.4, 0.5) is 0 Å². The molecule has 0 spiro atoms. The summed E-state index contributed by atoms with van der Waals surface area (Å²) in [4.78, 5) is 14.2. The Kier molecular flexibility index (Phi) is 3.81. The molecule has 100 valence electrons. The minimum atomic E-state index is -0.0222. The second kappa shape index (κ2) is 5.22. The lowest BCUT2D eigenvalue weighted by atomic mass is 9.85. The summed E-state index contributed by atoms with van der Waals surface area (Å²) in [5.41, 5.74) is 1.91. The van der Waals surface area contributed by atoms with E-state index >= 15 is 0 Å². The zero-order valence-electron chi connectivity index (χ0n) is 11.5. The molecule has 1 aromatic carbocycles. The molecule has 0 N–H and O–H groups in total. The maximum Gasteiger partial charge on any atom is 0.257 e. The molecule has 0 aromatic heterocycles. The van der Waals surface area contributed by atoms with Gasteiger partial charge in [-0.25, -0.2) is 0 Å². The summed E-state index contributed by atoms with van der Waals surface area (Å²) < 4.78 is 0. The van der Waals surface area contributed by atoms with Crippen LogP contribution in [0.15, 0.2) is 48.2 Å². The van der Waals surface area contributed by atoms with E-state index in [1.165, 1.54) is 5.57 Å². The Hall–Kier alpha value is -1.54. The third kappa shape index (κ3) is 3.07. The van der Waals surface area contributed by atoms with Crippen molar-refractivity contribution in [1.82, 2.24) is 4.90 Å². The molecule has 1 aliphatic heterocycles. The van der Waals surface area contributed by atoms with Crippen molar-refractivity contribution in [2.24, 2.45) is 5.41 Å². The first-order valence-corrected chi connectivity index (χ1v) is 6.70. The van der Waals surface area contributed by atoms with Crippen molar-refractivity contribution in [2.75, 3.05) is 6.54 Å². The van der Waals surface area contributed by atoms with Crippen LogP contribution in [0.3, 0.4) is 0 Å². The number of carbonyl (C=O) groups excluding carboxylic acids is 1. The predicted molar refractivity (Wildman–Crippen MR) is 79.2 cm³/mol. The smallest absolute Gasteiger partial charge is 0.257 e. The molecular weight excluding hydrogens is 258 g/mol. The highest BCUT2D eigenvalue weighted by Crippen LogP contribution is 2.29. The lowest BCUT2D eigenvalue weighted by Gasteiger charge is -2.30. The van der Waals surface area contributed by atoms with E-state index in [0.29, 0.717) is 17.1 Å². The van der Waals surface area contributed by atoms with Gasteiger partial charge in [0.15, 0.2) is 0 Å². The summed E-state index contributed by atoms with van der Waals surface area (Å²) in [5.74, 6) is 0.00379. The van der Waals surface area contributed by atoms with Gasteiger partial charge in [0.2, 0.25) is 0 Å². The van der Waals surface area contributed by atoms with Crippen molar-refractivity contribution in [2.45, 2.75) is 20.8 Å². The van der Waals surface area contributed by atoms with Crippen molar-refractivity contribution in [3.8, 4) is 0 Å². The molecule has 0 aliphatic carbocycles. The van der Waals surface area contributed by atoms with Crippen LogP contribution in [0.1, 0.15) is 31.1 Å². The molecule has 1 heterocycles. The van der Waals surface area contributed by atoms with Gasteiger partial charge in [-0.2, -0.15) is 0 Å². The monoisotopic (exact) mass is 275 g/mol. The molecule has 0 fully saturated rings. The molecule has 3 heteroatoms. The normalized spacial score (nSPS) is 17.9. The predicted octanol–water partition coefficient (Wildman–Crippen LogP) is 4.28. The van der Waals surface area contributed by atoms with E-state index in [0.717, 1.165) is 0 Å². The highest BCUT2D eigenvalue weighted by atomic mass is 35.5. The van der Waals surface area contributed by atoms with Gasteiger partial charge in [0.1, 0.15) is 0 Å². The molecule has 1 amide bonds. The summed E-state index contributed by atoms with van der Waals surface area (Å²) in [6, 6.07) is 7.00.